The second-order valence-corrected chi connectivity index (χ2v) is 4.53. The van der Waals surface area contributed by atoms with Crippen LogP contribution < -0.4 is 0 Å². The number of rotatable bonds is 1. The molecule has 64 valence electrons. The van der Waals surface area contributed by atoms with E-state index in [-0.39, 0.29) is 0 Å². The summed E-state index contributed by atoms with van der Waals surface area (Å²) in [5.74, 6) is 2.50. The zero-order chi connectivity index (χ0) is 8.01. The van der Waals surface area contributed by atoms with E-state index in [1.807, 2.05) is 0 Å². The van der Waals surface area contributed by atoms with Crippen molar-refractivity contribution in [3.63, 3.8) is 0 Å². The molecule has 0 amide bonds. The second-order valence-electron chi connectivity index (χ2n) is 4.53. The summed E-state index contributed by atoms with van der Waals surface area (Å²) < 4.78 is 5.66. The predicted molar refractivity (Wildman–Crippen MR) is 45.4 cm³/mol. The van der Waals surface area contributed by atoms with Gasteiger partial charge in [0.1, 0.15) is 0 Å². The minimum Gasteiger partial charge on any atom is -0.369 e. The molecule has 3 unspecified atom stereocenters. The Morgan fingerprint density at radius 3 is 2.55 bits per heavy atom. The van der Waals surface area contributed by atoms with Gasteiger partial charge in [0.05, 0.1) is 12.2 Å². The third-order valence-corrected chi connectivity index (χ3v) is 3.36. The highest BCUT2D eigenvalue weighted by Gasteiger charge is 2.51. The SMILES string of the molecule is CC(C)C1CC[C@@H](C)C2OC12. The van der Waals surface area contributed by atoms with Crippen LogP contribution in [0.2, 0.25) is 0 Å². The first-order chi connectivity index (χ1) is 5.20. The fourth-order valence-corrected chi connectivity index (χ4v) is 2.44. The van der Waals surface area contributed by atoms with Crippen molar-refractivity contribution < 1.29 is 4.74 Å². The first-order valence-electron chi connectivity index (χ1n) is 4.85. The van der Waals surface area contributed by atoms with Crippen LogP contribution in [0.3, 0.4) is 0 Å². The van der Waals surface area contributed by atoms with Crippen LogP contribution in [0.1, 0.15) is 33.6 Å². The van der Waals surface area contributed by atoms with Crippen LogP contribution in [-0.4, -0.2) is 12.2 Å². The molecule has 1 heteroatoms. The van der Waals surface area contributed by atoms with Crippen LogP contribution in [0.5, 0.6) is 0 Å². The van der Waals surface area contributed by atoms with Crippen LogP contribution in [0.25, 0.3) is 0 Å². The van der Waals surface area contributed by atoms with Gasteiger partial charge in [-0.1, -0.05) is 20.8 Å². The largest absolute Gasteiger partial charge is 0.369 e. The van der Waals surface area contributed by atoms with Crippen LogP contribution in [0, 0.1) is 17.8 Å². The highest BCUT2D eigenvalue weighted by atomic mass is 16.6. The summed E-state index contributed by atoms with van der Waals surface area (Å²) in [4.78, 5) is 0. The molecular formula is C10H18O. The lowest BCUT2D eigenvalue weighted by Gasteiger charge is -2.24. The quantitative estimate of drug-likeness (QED) is 0.528. The van der Waals surface area contributed by atoms with Gasteiger partial charge in [0.15, 0.2) is 0 Å². The number of epoxide rings is 1. The van der Waals surface area contributed by atoms with E-state index >= 15 is 0 Å². The molecule has 4 atom stereocenters. The molecule has 0 N–H and O–H groups in total. The summed E-state index contributed by atoms with van der Waals surface area (Å²) >= 11 is 0. The van der Waals surface area contributed by atoms with Gasteiger partial charge in [-0.15, -0.1) is 0 Å². The summed E-state index contributed by atoms with van der Waals surface area (Å²) in [7, 11) is 0. The van der Waals surface area contributed by atoms with Crippen LogP contribution in [0.15, 0.2) is 0 Å². The van der Waals surface area contributed by atoms with Gasteiger partial charge < -0.3 is 4.74 Å². The molecule has 0 aromatic heterocycles. The van der Waals surface area contributed by atoms with Gasteiger partial charge in [0.25, 0.3) is 0 Å². The molecule has 2 fully saturated rings. The average molecular weight is 154 g/mol. The number of hydrogen-bond acceptors (Lipinski definition) is 1. The molecule has 1 saturated carbocycles. The molecule has 0 radical (unpaired) electrons. The number of ether oxygens (including phenoxy) is 1. The molecule has 0 spiro atoms. The van der Waals surface area contributed by atoms with Gasteiger partial charge in [0.2, 0.25) is 0 Å². The normalized spacial score (nSPS) is 49.1. The third kappa shape index (κ3) is 1.20. The lowest BCUT2D eigenvalue weighted by molar-refractivity contribution is 0.257. The van der Waals surface area contributed by atoms with Crippen molar-refractivity contribution in [2.75, 3.05) is 0 Å². The molecule has 1 saturated heterocycles. The summed E-state index contributed by atoms with van der Waals surface area (Å²) in [6.45, 7) is 6.96. The van der Waals surface area contributed by atoms with Crippen LogP contribution >= 0.6 is 0 Å². The van der Waals surface area contributed by atoms with Crippen molar-refractivity contribution in [3.05, 3.63) is 0 Å². The van der Waals surface area contributed by atoms with E-state index in [1.54, 1.807) is 0 Å². The molecule has 0 bridgehead atoms. The van der Waals surface area contributed by atoms with Crippen molar-refractivity contribution in [2.45, 2.75) is 45.8 Å². The Bertz CT molecular complexity index is 153. The van der Waals surface area contributed by atoms with Gasteiger partial charge in [-0.05, 0) is 30.6 Å². The average Bonchev–Trinajstić information content (AvgIpc) is 2.66. The van der Waals surface area contributed by atoms with Crippen molar-refractivity contribution in [1.82, 2.24) is 0 Å². The van der Waals surface area contributed by atoms with E-state index < -0.39 is 0 Å². The van der Waals surface area contributed by atoms with Crippen molar-refractivity contribution >= 4 is 0 Å². The molecule has 2 rings (SSSR count). The van der Waals surface area contributed by atoms with Gasteiger partial charge in [-0.25, -0.2) is 0 Å². The third-order valence-electron chi connectivity index (χ3n) is 3.36. The fourth-order valence-electron chi connectivity index (χ4n) is 2.44. The smallest absolute Gasteiger partial charge is 0.0875 e. The predicted octanol–water partition coefficient (Wildman–Crippen LogP) is 2.46. The monoisotopic (exact) mass is 154 g/mol. The maximum Gasteiger partial charge on any atom is 0.0875 e. The van der Waals surface area contributed by atoms with Gasteiger partial charge in [0, 0.05) is 0 Å². The number of hydrogen-bond donors (Lipinski definition) is 0. The molecule has 11 heavy (non-hydrogen) atoms. The molecule has 2 aliphatic rings. The van der Waals surface area contributed by atoms with E-state index in [9.17, 15) is 0 Å². The van der Waals surface area contributed by atoms with E-state index in [0.29, 0.717) is 12.2 Å². The Morgan fingerprint density at radius 1 is 1.18 bits per heavy atom. The minimum absolute atomic E-state index is 0.635. The number of fused-ring (bicyclic) bond motifs is 1. The molecule has 1 heterocycles. The Labute approximate surface area is 69.1 Å². The van der Waals surface area contributed by atoms with Crippen LogP contribution in [-0.2, 0) is 4.74 Å². The van der Waals surface area contributed by atoms with Crippen molar-refractivity contribution in [2.24, 2.45) is 17.8 Å². The first-order valence-corrected chi connectivity index (χ1v) is 4.85. The standard InChI is InChI=1S/C10H18O/c1-6(2)8-5-4-7(3)9-10(8)11-9/h6-10H,4-5H2,1-3H3/t7-,8?,9?,10?/m1/s1. The van der Waals surface area contributed by atoms with E-state index in [0.717, 1.165) is 17.8 Å². The summed E-state index contributed by atoms with van der Waals surface area (Å²) in [5.41, 5.74) is 0. The van der Waals surface area contributed by atoms with Crippen LogP contribution in [0.4, 0.5) is 0 Å². The fraction of sp³-hybridized carbons (Fsp3) is 1.00. The first kappa shape index (κ1) is 7.60. The van der Waals surface area contributed by atoms with E-state index in [1.165, 1.54) is 12.8 Å². The molecule has 1 nitrogen and oxygen atoms in total. The second kappa shape index (κ2) is 2.48. The highest BCUT2D eigenvalue weighted by molar-refractivity contribution is 4.98. The molecule has 0 aromatic carbocycles. The Balaban J connectivity index is 1.97. The Morgan fingerprint density at radius 2 is 1.91 bits per heavy atom. The lowest BCUT2D eigenvalue weighted by Crippen LogP contribution is -2.25. The molecule has 0 aromatic rings. The molecule has 1 aliphatic heterocycles. The molecule has 1 aliphatic carbocycles. The maximum atomic E-state index is 5.66. The Kier molecular flexibility index (Phi) is 1.71. The summed E-state index contributed by atoms with van der Waals surface area (Å²) in [6, 6.07) is 0. The highest BCUT2D eigenvalue weighted by Crippen LogP contribution is 2.46. The Hall–Kier alpha value is -0.0400. The maximum absolute atomic E-state index is 5.66. The molecular weight excluding hydrogens is 136 g/mol. The topological polar surface area (TPSA) is 12.5 Å². The minimum atomic E-state index is 0.635. The van der Waals surface area contributed by atoms with Crippen molar-refractivity contribution in [1.29, 1.82) is 0 Å². The zero-order valence-electron chi connectivity index (χ0n) is 7.71. The van der Waals surface area contributed by atoms with Gasteiger partial charge in [-0.2, -0.15) is 0 Å². The van der Waals surface area contributed by atoms with E-state index in [2.05, 4.69) is 20.8 Å². The van der Waals surface area contributed by atoms with E-state index in [4.69, 9.17) is 4.74 Å². The lowest BCUT2D eigenvalue weighted by atomic mass is 9.78. The zero-order valence-corrected chi connectivity index (χ0v) is 7.71. The van der Waals surface area contributed by atoms with Gasteiger partial charge in [-0.3, -0.25) is 0 Å². The summed E-state index contributed by atoms with van der Waals surface area (Å²) in [5, 5.41) is 0. The summed E-state index contributed by atoms with van der Waals surface area (Å²) in [6.07, 6.45) is 4.04. The van der Waals surface area contributed by atoms with Crippen molar-refractivity contribution in [3.8, 4) is 0 Å². The van der Waals surface area contributed by atoms with Gasteiger partial charge >= 0.3 is 0 Å².